The Balaban J connectivity index is 2.21. The fourth-order valence-electron chi connectivity index (χ4n) is 1.49. The van der Waals surface area contributed by atoms with Gasteiger partial charge < -0.3 is 9.73 Å². The zero-order valence-corrected chi connectivity index (χ0v) is 11.0. The predicted molar refractivity (Wildman–Crippen MR) is 68.9 cm³/mol. The lowest BCUT2D eigenvalue weighted by atomic mass is 10.2. The summed E-state index contributed by atoms with van der Waals surface area (Å²) in [6, 6.07) is 4.67. The van der Waals surface area contributed by atoms with Crippen LogP contribution in [0.25, 0.3) is 11.3 Å². The van der Waals surface area contributed by atoms with E-state index in [1.807, 2.05) is 13.8 Å². The van der Waals surface area contributed by atoms with E-state index in [-0.39, 0.29) is 5.82 Å². The van der Waals surface area contributed by atoms with Gasteiger partial charge >= 0.3 is 0 Å². The highest BCUT2D eigenvalue weighted by Crippen LogP contribution is 2.26. The smallest absolute Gasteiger partial charge is 0.208 e. The lowest BCUT2D eigenvalue weighted by molar-refractivity contribution is 0.457. The number of hydrogen-bond donors (Lipinski definition) is 1. The molecule has 96 valence electrons. The van der Waals surface area contributed by atoms with Gasteiger partial charge in [0.2, 0.25) is 5.89 Å². The molecule has 1 N–H and O–H groups in total. The number of oxazole rings is 1. The first-order chi connectivity index (χ1) is 8.56. The maximum Gasteiger partial charge on any atom is 0.208 e. The van der Waals surface area contributed by atoms with E-state index < -0.39 is 0 Å². The van der Waals surface area contributed by atoms with Crippen LogP contribution in [0.3, 0.4) is 0 Å². The maximum absolute atomic E-state index is 13.6. The summed E-state index contributed by atoms with van der Waals surface area (Å²) in [6.07, 6.45) is 1.51. The third-order valence-corrected chi connectivity index (χ3v) is 2.64. The van der Waals surface area contributed by atoms with Crippen LogP contribution in [0.2, 0.25) is 5.02 Å². The number of nitrogens with one attached hydrogen (secondary N) is 1. The van der Waals surface area contributed by atoms with Crippen molar-refractivity contribution >= 4 is 11.6 Å². The third-order valence-electron chi connectivity index (χ3n) is 2.41. The minimum Gasteiger partial charge on any atom is -0.439 e. The Morgan fingerprint density at radius 1 is 1.44 bits per heavy atom. The highest BCUT2D eigenvalue weighted by Gasteiger charge is 2.11. The molecule has 2 rings (SSSR count). The van der Waals surface area contributed by atoms with Gasteiger partial charge in [-0.2, -0.15) is 0 Å². The zero-order valence-electron chi connectivity index (χ0n) is 10.2. The van der Waals surface area contributed by atoms with E-state index in [1.54, 1.807) is 0 Å². The molecule has 2 aromatic rings. The Bertz CT molecular complexity index is 540. The largest absolute Gasteiger partial charge is 0.439 e. The molecule has 18 heavy (non-hydrogen) atoms. The molecule has 0 saturated carbocycles. The van der Waals surface area contributed by atoms with Crippen LogP contribution in [0.15, 0.2) is 28.8 Å². The van der Waals surface area contributed by atoms with Gasteiger partial charge in [0.25, 0.3) is 0 Å². The highest BCUT2D eigenvalue weighted by atomic mass is 35.5. The first-order valence-electron chi connectivity index (χ1n) is 5.70. The summed E-state index contributed by atoms with van der Waals surface area (Å²) in [5, 5.41) is 3.64. The zero-order chi connectivity index (χ0) is 13.1. The highest BCUT2D eigenvalue weighted by molar-refractivity contribution is 6.30. The standard InChI is InChI=1S/C13H14ClFN2O/c1-8(2)16-7-13-17-6-12(18-13)10-5-9(14)3-4-11(10)15/h3-6,8,16H,7H2,1-2H3. The summed E-state index contributed by atoms with van der Waals surface area (Å²) in [6.45, 7) is 4.57. The van der Waals surface area contributed by atoms with Crippen molar-refractivity contribution in [1.29, 1.82) is 0 Å². The van der Waals surface area contributed by atoms with E-state index in [4.69, 9.17) is 16.0 Å². The van der Waals surface area contributed by atoms with Gasteiger partial charge in [0, 0.05) is 11.1 Å². The molecule has 0 unspecified atom stereocenters. The molecule has 0 bridgehead atoms. The number of hydrogen-bond acceptors (Lipinski definition) is 3. The molecule has 5 heteroatoms. The van der Waals surface area contributed by atoms with Crippen LogP contribution in [-0.2, 0) is 6.54 Å². The predicted octanol–water partition coefficient (Wildman–Crippen LogP) is 3.63. The molecule has 0 radical (unpaired) electrons. The van der Waals surface area contributed by atoms with Crippen LogP contribution in [0, 0.1) is 5.82 Å². The maximum atomic E-state index is 13.6. The van der Waals surface area contributed by atoms with Crippen molar-refractivity contribution in [2.75, 3.05) is 0 Å². The third kappa shape index (κ3) is 3.09. The summed E-state index contributed by atoms with van der Waals surface area (Å²) in [5.41, 5.74) is 0.325. The first-order valence-corrected chi connectivity index (χ1v) is 6.07. The van der Waals surface area contributed by atoms with Crippen LogP contribution in [0.4, 0.5) is 4.39 Å². The molecule has 0 atom stereocenters. The van der Waals surface area contributed by atoms with Crippen molar-refractivity contribution in [3.8, 4) is 11.3 Å². The van der Waals surface area contributed by atoms with Crippen molar-refractivity contribution < 1.29 is 8.81 Å². The van der Waals surface area contributed by atoms with Gasteiger partial charge in [-0.15, -0.1) is 0 Å². The molecule has 3 nitrogen and oxygen atoms in total. The molecule has 0 aliphatic carbocycles. The molecule has 0 amide bonds. The molecule has 0 aliphatic rings. The van der Waals surface area contributed by atoms with Crippen LogP contribution < -0.4 is 5.32 Å². The molecule has 1 heterocycles. The lowest BCUT2D eigenvalue weighted by Gasteiger charge is -2.04. The van der Waals surface area contributed by atoms with Crippen molar-refractivity contribution in [2.24, 2.45) is 0 Å². The SMILES string of the molecule is CC(C)NCc1ncc(-c2cc(Cl)ccc2F)o1. The molecule has 0 fully saturated rings. The molecular weight excluding hydrogens is 255 g/mol. The average molecular weight is 269 g/mol. The van der Waals surface area contributed by atoms with E-state index in [2.05, 4.69) is 10.3 Å². The van der Waals surface area contributed by atoms with Gasteiger partial charge in [-0.05, 0) is 18.2 Å². The van der Waals surface area contributed by atoms with Gasteiger partial charge in [0.05, 0.1) is 18.3 Å². The number of benzene rings is 1. The number of rotatable bonds is 4. The summed E-state index contributed by atoms with van der Waals surface area (Å²) in [4.78, 5) is 4.10. The number of aromatic nitrogens is 1. The van der Waals surface area contributed by atoms with Crippen molar-refractivity contribution in [2.45, 2.75) is 26.4 Å². The van der Waals surface area contributed by atoms with Crippen LogP contribution in [0.1, 0.15) is 19.7 Å². The fourth-order valence-corrected chi connectivity index (χ4v) is 1.67. The summed E-state index contributed by atoms with van der Waals surface area (Å²) >= 11 is 5.84. The Morgan fingerprint density at radius 3 is 2.94 bits per heavy atom. The Labute approximate surface area is 110 Å². The Morgan fingerprint density at radius 2 is 2.22 bits per heavy atom. The van der Waals surface area contributed by atoms with Gasteiger partial charge in [-0.3, -0.25) is 0 Å². The van der Waals surface area contributed by atoms with E-state index in [1.165, 1.54) is 24.4 Å². The van der Waals surface area contributed by atoms with E-state index in [9.17, 15) is 4.39 Å². The number of nitrogens with zero attached hydrogens (tertiary/aromatic N) is 1. The Kier molecular flexibility index (Phi) is 3.99. The van der Waals surface area contributed by atoms with Crippen molar-refractivity contribution in [3.63, 3.8) is 0 Å². The monoisotopic (exact) mass is 268 g/mol. The quantitative estimate of drug-likeness (QED) is 0.920. The second kappa shape index (κ2) is 5.50. The van der Waals surface area contributed by atoms with E-state index in [0.29, 0.717) is 34.8 Å². The molecule has 0 saturated heterocycles. The van der Waals surface area contributed by atoms with E-state index >= 15 is 0 Å². The summed E-state index contributed by atoms with van der Waals surface area (Å²) in [7, 11) is 0. The average Bonchev–Trinajstić information content (AvgIpc) is 2.78. The second-order valence-electron chi connectivity index (χ2n) is 4.28. The molecule has 1 aromatic carbocycles. The van der Waals surface area contributed by atoms with Gasteiger partial charge in [-0.1, -0.05) is 25.4 Å². The van der Waals surface area contributed by atoms with Gasteiger partial charge in [0.1, 0.15) is 5.82 Å². The Hall–Kier alpha value is -1.39. The first kappa shape index (κ1) is 13.1. The molecule has 0 spiro atoms. The number of halogens is 2. The lowest BCUT2D eigenvalue weighted by Crippen LogP contribution is -2.21. The fraction of sp³-hybridized carbons (Fsp3) is 0.308. The summed E-state index contributed by atoms with van der Waals surface area (Å²) < 4.78 is 19.1. The molecular formula is C13H14ClFN2O. The summed E-state index contributed by atoms with van der Waals surface area (Å²) in [5.74, 6) is 0.535. The van der Waals surface area contributed by atoms with Crippen molar-refractivity contribution in [3.05, 3.63) is 41.1 Å². The van der Waals surface area contributed by atoms with Crippen LogP contribution in [-0.4, -0.2) is 11.0 Å². The second-order valence-corrected chi connectivity index (χ2v) is 4.71. The molecule has 0 aliphatic heterocycles. The molecule has 1 aromatic heterocycles. The van der Waals surface area contributed by atoms with Crippen molar-refractivity contribution in [1.82, 2.24) is 10.3 Å². The van der Waals surface area contributed by atoms with E-state index in [0.717, 1.165) is 0 Å². The van der Waals surface area contributed by atoms with Crippen LogP contribution in [0.5, 0.6) is 0 Å². The van der Waals surface area contributed by atoms with Gasteiger partial charge in [0.15, 0.2) is 5.76 Å². The minimum absolute atomic E-state index is 0.325. The van der Waals surface area contributed by atoms with Crippen LogP contribution >= 0.6 is 11.6 Å². The van der Waals surface area contributed by atoms with Gasteiger partial charge in [-0.25, -0.2) is 9.37 Å². The normalized spacial score (nSPS) is 11.2. The topological polar surface area (TPSA) is 38.1 Å². The minimum atomic E-state index is -0.376.